The molecule has 0 saturated heterocycles. The summed E-state index contributed by atoms with van der Waals surface area (Å²) in [7, 11) is 0. The van der Waals surface area contributed by atoms with Crippen molar-refractivity contribution in [1.82, 2.24) is 0 Å². The van der Waals surface area contributed by atoms with Gasteiger partial charge in [0.05, 0.1) is 9.95 Å². The molecule has 29 heavy (non-hydrogen) atoms. The number of hydrogen-bond donors (Lipinski definition) is 0. The highest BCUT2D eigenvalue weighted by molar-refractivity contribution is 6.33. The molecule has 3 aromatic rings. The summed E-state index contributed by atoms with van der Waals surface area (Å²) in [6, 6.07) is 14.9. The Morgan fingerprint density at radius 2 is 1.90 bits per heavy atom. The number of nitro benzene ring substituents is 1. The van der Waals surface area contributed by atoms with Crippen molar-refractivity contribution >= 4 is 35.2 Å². The topological polar surface area (TPSA) is 94.9 Å². The molecule has 2 heterocycles. The van der Waals surface area contributed by atoms with Crippen molar-refractivity contribution in [3.63, 3.8) is 0 Å². The number of nitro groups is 1. The summed E-state index contributed by atoms with van der Waals surface area (Å²) in [6.45, 7) is 1.90. The molecule has 1 aliphatic heterocycles. The van der Waals surface area contributed by atoms with Crippen molar-refractivity contribution in [2.75, 3.05) is 0 Å². The van der Waals surface area contributed by atoms with Gasteiger partial charge in [0.25, 0.3) is 5.69 Å². The maximum absolute atomic E-state index is 12.2. The predicted molar refractivity (Wildman–Crippen MR) is 108 cm³/mol. The lowest BCUT2D eigenvalue weighted by Crippen LogP contribution is -2.06. The number of carbonyl (C=O) groups is 1. The minimum absolute atomic E-state index is 0.110. The molecule has 0 N–H and O–H groups in total. The molecule has 0 bridgehead atoms. The van der Waals surface area contributed by atoms with Gasteiger partial charge < -0.3 is 9.15 Å². The largest absolute Gasteiger partial charge is 0.457 e. The van der Waals surface area contributed by atoms with Gasteiger partial charge in [-0.05, 0) is 36.8 Å². The molecule has 0 saturated carbocycles. The molecule has 0 radical (unpaired) electrons. The van der Waals surface area contributed by atoms with Crippen LogP contribution in [0.15, 0.2) is 69.7 Å². The maximum Gasteiger partial charge on any atom is 0.363 e. The van der Waals surface area contributed by atoms with E-state index in [-0.39, 0.29) is 22.3 Å². The maximum atomic E-state index is 12.2. The average Bonchev–Trinajstić information content (AvgIpc) is 3.29. The van der Waals surface area contributed by atoms with E-state index >= 15 is 0 Å². The Hall–Kier alpha value is -3.71. The normalized spacial score (nSPS) is 14.8. The van der Waals surface area contributed by atoms with Crippen LogP contribution in [0.1, 0.15) is 16.9 Å². The van der Waals surface area contributed by atoms with E-state index in [9.17, 15) is 14.9 Å². The lowest BCUT2D eigenvalue weighted by atomic mass is 10.1. The Bertz CT molecular complexity index is 1210. The van der Waals surface area contributed by atoms with E-state index in [1.165, 1.54) is 24.3 Å². The van der Waals surface area contributed by atoms with E-state index in [1.807, 2.05) is 31.2 Å². The fourth-order valence-electron chi connectivity index (χ4n) is 2.86. The van der Waals surface area contributed by atoms with Crippen LogP contribution in [0.5, 0.6) is 0 Å². The van der Waals surface area contributed by atoms with Gasteiger partial charge in [-0.25, -0.2) is 9.79 Å². The second kappa shape index (κ2) is 7.37. The van der Waals surface area contributed by atoms with Gasteiger partial charge in [-0.15, -0.1) is 0 Å². The number of nitrogens with zero attached hydrogens (tertiary/aromatic N) is 2. The Kier molecular flexibility index (Phi) is 4.74. The standard InChI is InChI=1S/C21H13ClN2O5/c1-12-4-2-3-5-15(12)20-23-18(21(25)29-20)11-14-7-9-19(28-14)16-8-6-13(24(26)27)10-17(16)22/h2-11H,1H3/b18-11-. The zero-order chi connectivity index (χ0) is 20.5. The highest BCUT2D eigenvalue weighted by Gasteiger charge is 2.25. The molecule has 2 aromatic carbocycles. The second-order valence-electron chi connectivity index (χ2n) is 6.27. The molecule has 0 amide bonds. The number of carbonyl (C=O) groups excluding carboxylic acids is 1. The van der Waals surface area contributed by atoms with Gasteiger partial charge in [-0.3, -0.25) is 10.1 Å². The van der Waals surface area contributed by atoms with Gasteiger partial charge in [0.1, 0.15) is 11.5 Å². The molecule has 0 spiro atoms. The van der Waals surface area contributed by atoms with Gasteiger partial charge in [0.15, 0.2) is 5.70 Å². The third-order valence-electron chi connectivity index (χ3n) is 4.33. The average molecular weight is 409 g/mol. The monoisotopic (exact) mass is 408 g/mol. The Balaban J connectivity index is 1.64. The summed E-state index contributed by atoms with van der Waals surface area (Å²) >= 11 is 6.14. The fourth-order valence-corrected chi connectivity index (χ4v) is 3.13. The van der Waals surface area contributed by atoms with Crippen molar-refractivity contribution in [1.29, 1.82) is 0 Å². The van der Waals surface area contributed by atoms with E-state index in [1.54, 1.807) is 12.1 Å². The number of aryl methyl sites for hydroxylation is 1. The summed E-state index contributed by atoms with van der Waals surface area (Å²) < 4.78 is 11.0. The molecular weight excluding hydrogens is 396 g/mol. The van der Waals surface area contributed by atoms with Crippen LogP contribution in [0.3, 0.4) is 0 Å². The van der Waals surface area contributed by atoms with Crippen molar-refractivity contribution in [3.05, 3.63) is 92.3 Å². The molecule has 4 rings (SSSR count). The molecule has 0 unspecified atom stereocenters. The van der Waals surface area contributed by atoms with E-state index < -0.39 is 10.9 Å². The first kappa shape index (κ1) is 18.6. The van der Waals surface area contributed by atoms with E-state index in [0.29, 0.717) is 17.1 Å². The van der Waals surface area contributed by atoms with Gasteiger partial charge in [-0.2, -0.15) is 0 Å². The van der Waals surface area contributed by atoms with Crippen molar-refractivity contribution in [2.24, 2.45) is 4.99 Å². The SMILES string of the molecule is Cc1ccccc1C1=N/C(=C\c2ccc(-c3ccc([N+](=O)[O-])cc3Cl)o2)C(=O)O1. The van der Waals surface area contributed by atoms with Crippen LogP contribution in [0.4, 0.5) is 5.69 Å². The second-order valence-corrected chi connectivity index (χ2v) is 6.68. The van der Waals surface area contributed by atoms with Crippen LogP contribution in [0, 0.1) is 17.0 Å². The van der Waals surface area contributed by atoms with Crippen LogP contribution in [-0.4, -0.2) is 16.8 Å². The molecule has 1 aliphatic rings. The predicted octanol–water partition coefficient (Wildman–Crippen LogP) is 5.16. The minimum atomic E-state index is -0.574. The summed E-state index contributed by atoms with van der Waals surface area (Å²) in [5.74, 6) is 0.446. The van der Waals surface area contributed by atoms with Gasteiger partial charge in [0.2, 0.25) is 5.90 Å². The number of esters is 1. The fraction of sp³-hybridized carbons (Fsp3) is 0.0476. The number of aliphatic imine (C=N–C) groups is 1. The van der Waals surface area contributed by atoms with E-state index in [0.717, 1.165) is 11.1 Å². The van der Waals surface area contributed by atoms with Crippen LogP contribution in [-0.2, 0) is 9.53 Å². The van der Waals surface area contributed by atoms with Crippen LogP contribution < -0.4 is 0 Å². The number of ether oxygens (including phenoxy) is 1. The first-order chi connectivity index (χ1) is 13.9. The summed E-state index contributed by atoms with van der Waals surface area (Å²) in [6.07, 6.45) is 1.47. The molecule has 0 fully saturated rings. The minimum Gasteiger partial charge on any atom is -0.457 e. The number of halogens is 1. The number of hydrogen-bond acceptors (Lipinski definition) is 6. The lowest BCUT2D eigenvalue weighted by molar-refractivity contribution is -0.384. The number of non-ortho nitro benzene ring substituents is 1. The van der Waals surface area contributed by atoms with Gasteiger partial charge in [-0.1, -0.05) is 29.8 Å². The van der Waals surface area contributed by atoms with Gasteiger partial charge in [0, 0.05) is 29.3 Å². The van der Waals surface area contributed by atoms with Crippen molar-refractivity contribution < 1.29 is 18.9 Å². The molecule has 0 aliphatic carbocycles. The number of benzene rings is 2. The zero-order valence-corrected chi connectivity index (χ0v) is 15.8. The van der Waals surface area contributed by atoms with Crippen LogP contribution >= 0.6 is 11.6 Å². The third-order valence-corrected chi connectivity index (χ3v) is 4.64. The summed E-state index contributed by atoms with van der Waals surface area (Å²) in [5, 5.41) is 11.0. The smallest absolute Gasteiger partial charge is 0.363 e. The molecule has 144 valence electrons. The number of furan rings is 1. The molecule has 8 heteroatoms. The Labute approximate surface area is 170 Å². The molecular formula is C21H13ClN2O5. The number of rotatable bonds is 4. The Morgan fingerprint density at radius 1 is 1.10 bits per heavy atom. The summed E-state index contributed by atoms with van der Waals surface area (Å²) in [4.78, 5) is 26.8. The van der Waals surface area contributed by atoms with Crippen molar-refractivity contribution in [3.8, 4) is 11.3 Å². The molecule has 0 atom stereocenters. The van der Waals surface area contributed by atoms with Crippen LogP contribution in [0.2, 0.25) is 5.02 Å². The van der Waals surface area contributed by atoms with Gasteiger partial charge >= 0.3 is 5.97 Å². The van der Waals surface area contributed by atoms with E-state index in [2.05, 4.69) is 4.99 Å². The first-order valence-corrected chi connectivity index (χ1v) is 8.93. The van der Waals surface area contributed by atoms with Crippen LogP contribution in [0.25, 0.3) is 17.4 Å². The highest BCUT2D eigenvalue weighted by atomic mass is 35.5. The van der Waals surface area contributed by atoms with Crippen molar-refractivity contribution in [2.45, 2.75) is 6.92 Å². The number of cyclic esters (lactones) is 1. The third kappa shape index (κ3) is 3.68. The molecule has 7 nitrogen and oxygen atoms in total. The first-order valence-electron chi connectivity index (χ1n) is 8.55. The zero-order valence-electron chi connectivity index (χ0n) is 15.1. The quantitative estimate of drug-likeness (QED) is 0.257. The van der Waals surface area contributed by atoms with E-state index in [4.69, 9.17) is 20.8 Å². The Morgan fingerprint density at radius 3 is 2.62 bits per heavy atom. The summed E-state index contributed by atoms with van der Waals surface area (Å²) in [5.41, 5.74) is 2.17. The highest BCUT2D eigenvalue weighted by Crippen LogP contribution is 2.33. The molecule has 1 aromatic heterocycles. The lowest BCUT2D eigenvalue weighted by Gasteiger charge is -2.02.